The normalized spacial score (nSPS) is 14.0. The third-order valence-electron chi connectivity index (χ3n) is 3.59. The summed E-state index contributed by atoms with van der Waals surface area (Å²) in [5.41, 5.74) is 9.03. The molecule has 0 aromatic heterocycles. The van der Waals surface area contributed by atoms with E-state index in [0.29, 0.717) is 18.7 Å². The number of benzene rings is 1. The summed E-state index contributed by atoms with van der Waals surface area (Å²) in [5.74, 6) is 0.0481. The molecule has 0 fully saturated rings. The number of rotatable bonds is 10. The van der Waals surface area contributed by atoms with Crippen LogP contribution >= 0.6 is 30.9 Å². The summed E-state index contributed by atoms with van der Waals surface area (Å²) in [7, 11) is -3.51. The van der Waals surface area contributed by atoms with E-state index in [4.69, 9.17) is 38.0 Å². The monoisotopic (exact) mass is 422 g/mol. The molecule has 146 valence electrons. The lowest BCUT2D eigenvalue weighted by Crippen LogP contribution is -2.29. The van der Waals surface area contributed by atoms with Gasteiger partial charge in [0.2, 0.25) is 0 Å². The van der Waals surface area contributed by atoms with Gasteiger partial charge in [-0.05, 0) is 38.0 Å². The zero-order chi connectivity index (χ0) is 19.7. The minimum Gasteiger partial charge on any atom is -0.431 e. The number of halogens is 2. The van der Waals surface area contributed by atoms with Gasteiger partial charge in [0, 0.05) is 24.8 Å². The summed E-state index contributed by atoms with van der Waals surface area (Å²) in [4.78, 5) is 12.2. The fourth-order valence-corrected chi connectivity index (χ4v) is 4.39. The molecule has 0 aliphatic heterocycles. The fraction of sp³-hybridized carbons (Fsp3) is 0.471. The highest BCUT2D eigenvalue weighted by molar-refractivity contribution is 7.53. The van der Waals surface area contributed by atoms with Crippen molar-refractivity contribution in [2.24, 2.45) is 5.50 Å². The molecule has 2 N–H and O–H groups in total. The second-order valence-corrected chi connectivity index (χ2v) is 8.45. The Morgan fingerprint density at radius 3 is 2.23 bits per heavy atom. The van der Waals surface area contributed by atoms with Crippen LogP contribution in [0.2, 0.25) is 0 Å². The lowest BCUT2D eigenvalue weighted by atomic mass is 10.0. The minimum atomic E-state index is -3.51. The van der Waals surface area contributed by atoms with Crippen LogP contribution in [0.15, 0.2) is 24.5 Å². The average Bonchev–Trinajstić information content (AvgIpc) is 2.53. The van der Waals surface area contributed by atoms with E-state index in [1.807, 2.05) is 32.9 Å². The van der Waals surface area contributed by atoms with E-state index in [1.165, 1.54) is 17.0 Å². The zero-order valence-corrected chi connectivity index (χ0v) is 17.6. The molecule has 1 rings (SSSR count). The van der Waals surface area contributed by atoms with E-state index in [-0.39, 0.29) is 18.4 Å². The SMILES string of the molecule is Cc1cc(C)c(C(=O)O/C=C/COP(N)(=O)N(CCCl)CCCl)c(C)c1. The van der Waals surface area contributed by atoms with Crippen LogP contribution in [0.1, 0.15) is 27.0 Å². The molecular formula is C17H25Cl2N2O4P. The Bertz CT molecular complexity index is 668. The first kappa shape index (κ1) is 23.2. The molecule has 1 aromatic rings. The van der Waals surface area contributed by atoms with Gasteiger partial charge in [-0.2, -0.15) is 0 Å². The number of nitrogens with zero attached hydrogens (tertiary/aromatic N) is 1. The molecule has 1 atom stereocenters. The van der Waals surface area contributed by atoms with Gasteiger partial charge >= 0.3 is 13.6 Å². The fourth-order valence-electron chi connectivity index (χ4n) is 2.53. The Morgan fingerprint density at radius 2 is 1.73 bits per heavy atom. The molecule has 0 saturated carbocycles. The summed E-state index contributed by atoms with van der Waals surface area (Å²) < 4.78 is 24.1. The van der Waals surface area contributed by atoms with Crippen LogP contribution in [0.5, 0.6) is 0 Å². The highest BCUT2D eigenvalue weighted by Gasteiger charge is 2.26. The maximum Gasteiger partial charge on any atom is 0.343 e. The summed E-state index contributed by atoms with van der Waals surface area (Å²) >= 11 is 11.3. The number of carbonyl (C=O) groups is 1. The van der Waals surface area contributed by atoms with Crippen molar-refractivity contribution < 1.29 is 18.6 Å². The second kappa shape index (κ2) is 11.1. The molecule has 0 saturated heterocycles. The van der Waals surface area contributed by atoms with Crippen molar-refractivity contribution >= 4 is 36.8 Å². The Balaban J connectivity index is 2.60. The summed E-state index contributed by atoms with van der Waals surface area (Å²) in [6.45, 7) is 6.20. The average molecular weight is 423 g/mol. The van der Waals surface area contributed by atoms with Crippen molar-refractivity contribution in [3.05, 3.63) is 46.7 Å². The molecule has 0 spiro atoms. The molecule has 26 heavy (non-hydrogen) atoms. The van der Waals surface area contributed by atoms with Gasteiger partial charge in [0.15, 0.2) is 0 Å². The molecule has 0 aliphatic carbocycles. The van der Waals surface area contributed by atoms with Crippen molar-refractivity contribution in [2.75, 3.05) is 31.5 Å². The van der Waals surface area contributed by atoms with E-state index < -0.39 is 13.6 Å². The van der Waals surface area contributed by atoms with E-state index in [9.17, 15) is 9.36 Å². The molecular weight excluding hydrogens is 398 g/mol. The summed E-state index contributed by atoms with van der Waals surface area (Å²) in [6.07, 6.45) is 2.63. The van der Waals surface area contributed by atoms with Crippen molar-refractivity contribution in [3.63, 3.8) is 0 Å². The van der Waals surface area contributed by atoms with E-state index in [0.717, 1.165) is 16.7 Å². The molecule has 1 unspecified atom stereocenters. The van der Waals surface area contributed by atoms with Gasteiger partial charge in [-0.1, -0.05) is 17.7 Å². The van der Waals surface area contributed by atoms with Crippen LogP contribution < -0.4 is 5.50 Å². The highest BCUT2D eigenvalue weighted by Crippen LogP contribution is 2.42. The number of hydrogen-bond donors (Lipinski definition) is 1. The predicted molar refractivity (Wildman–Crippen MR) is 106 cm³/mol. The zero-order valence-electron chi connectivity index (χ0n) is 15.2. The molecule has 0 heterocycles. The molecule has 9 heteroatoms. The van der Waals surface area contributed by atoms with Crippen molar-refractivity contribution in [2.45, 2.75) is 20.8 Å². The Kier molecular flexibility index (Phi) is 9.86. The maximum absolute atomic E-state index is 12.4. The van der Waals surface area contributed by atoms with Crippen LogP contribution in [-0.2, 0) is 13.8 Å². The van der Waals surface area contributed by atoms with Gasteiger partial charge in [-0.25, -0.2) is 15.0 Å². The number of esters is 1. The molecule has 6 nitrogen and oxygen atoms in total. The Labute approximate surface area is 164 Å². The van der Waals surface area contributed by atoms with E-state index >= 15 is 0 Å². The van der Waals surface area contributed by atoms with Crippen LogP contribution in [-0.4, -0.2) is 42.1 Å². The first-order valence-corrected chi connectivity index (χ1v) is 10.8. The van der Waals surface area contributed by atoms with Gasteiger partial charge in [0.25, 0.3) is 0 Å². The quantitative estimate of drug-likeness (QED) is 0.264. The highest BCUT2D eigenvalue weighted by atomic mass is 35.5. The smallest absolute Gasteiger partial charge is 0.343 e. The summed E-state index contributed by atoms with van der Waals surface area (Å²) in [6, 6.07) is 3.84. The van der Waals surface area contributed by atoms with E-state index in [1.54, 1.807) is 0 Å². The second-order valence-electron chi connectivity index (χ2n) is 5.74. The third-order valence-corrected chi connectivity index (χ3v) is 5.63. The molecule has 0 radical (unpaired) electrons. The molecule has 0 aliphatic rings. The van der Waals surface area contributed by atoms with Gasteiger partial charge in [0.1, 0.15) is 0 Å². The van der Waals surface area contributed by atoms with Crippen molar-refractivity contribution in [1.29, 1.82) is 0 Å². The van der Waals surface area contributed by atoms with Crippen molar-refractivity contribution in [3.8, 4) is 0 Å². The number of ether oxygens (including phenoxy) is 1. The minimum absolute atomic E-state index is 0.0754. The van der Waals surface area contributed by atoms with Crippen LogP contribution in [0.3, 0.4) is 0 Å². The number of nitrogens with two attached hydrogens (primary N) is 1. The van der Waals surface area contributed by atoms with Crippen molar-refractivity contribution in [1.82, 2.24) is 4.67 Å². The van der Waals surface area contributed by atoms with Crippen LogP contribution in [0.4, 0.5) is 0 Å². The van der Waals surface area contributed by atoms with E-state index in [2.05, 4.69) is 0 Å². The number of aryl methyl sites for hydroxylation is 3. The maximum atomic E-state index is 12.4. The van der Waals surface area contributed by atoms with Crippen LogP contribution in [0.25, 0.3) is 0 Å². The first-order valence-electron chi connectivity index (χ1n) is 8.07. The lowest BCUT2D eigenvalue weighted by molar-refractivity contribution is 0.0660. The third kappa shape index (κ3) is 7.03. The molecule has 1 aromatic carbocycles. The predicted octanol–water partition coefficient (Wildman–Crippen LogP) is 4.15. The lowest BCUT2D eigenvalue weighted by Gasteiger charge is -2.25. The largest absolute Gasteiger partial charge is 0.431 e. The molecule has 0 amide bonds. The first-order chi connectivity index (χ1) is 12.2. The van der Waals surface area contributed by atoms with Gasteiger partial charge in [0.05, 0.1) is 18.4 Å². The number of carbonyl (C=O) groups excluding carboxylic acids is 1. The summed E-state index contributed by atoms with van der Waals surface area (Å²) in [5, 5.41) is 0. The standard InChI is InChI=1S/C17H25Cl2N2O4P/c1-13-11-14(2)16(15(3)12-13)17(22)24-9-4-10-25-26(20,23)21(7-5-18)8-6-19/h4,9,11-12H,5-8,10H2,1-3H3,(H2,20,23)/b9-4+. The van der Waals surface area contributed by atoms with Crippen LogP contribution in [0, 0.1) is 20.8 Å². The van der Waals surface area contributed by atoms with Gasteiger partial charge in [-0.15, -0.1) is 23.2 Å². The molecule has 0 bridgehead atoms. The Hall–Kier alpha value is -0.880. The Morgan fingerprint density at radius 1 is 1.19 bits per heavy atom. The van der Waals surface area contributed by atoms with Gasteiger partial charge < -0.3 is 9.26 Å². The number of alkyl halides is 2. The number of hydrogen-bond acceptors (Lipinski definition) is 4. The van der Waals surface area contributed by atoms with Gasteiger partial charge in [-0.3, -0.25) is 4.57 Å². The topological polar surface area (TPSA) is 81.9 Å².